The van der Waals surface area contributed by atoms with Gasteiger partial charge >= 0.3 is 5.97 Å². The third-order valence-electron chi connectivity index (χ3n) is 22.6. The van der Waals surface area contributed by atoms with E-state index in [1.165, 1.54) is 10.6 Å². The molecule has 4 unspecified atom stereocenters. The molecule has 9 N–H and O–H groups in total. The Bertz CT molecular complexity index is 4830. The van der Waals surface area contributed by atoms with Crippen molar-refractivity contribution >= 4 is 75.7 Å². The summed E-state index contributed by atoms with van der Waals surface area (Å²) in [6.45, 7) is 4.91. The lowest BCUT2D eigenvalue weighted by atomic mass is 9.65. The number of halogens is 1. The van der Waals surface area contributed by atoms with Crippen LogP contribution in [-0.4, -0.2) is 165 Å². The van der Waals surface area contributed by atoms with Crippen molar-refractivity contribution < 1.29 is 66.9 Å². The number of fused-ring (bicyclic) bond motifs is 10. The first-order chi connectivity index (χ1) is 53.0. The lowest BCUT2D eigenvalue weighted by Crippen LogP contribution is -2.52. The van der Waals surface area contributed by atoms with Crippen molar-refractivity contribution in [2.24, 2.45) is 18.4 Å². The summed E-state index contributed by atoms with van der Waals surface area (Å²) in [5.41, 5.74) is 7.09. The third-order valence-corrected chi connectivity index (χ3v) is 22.6. The predicted molar refractivity (Wildman–Crippen MR) is 401 cm³/mol. The fraction of sp³-hybridized carbons (Fsp3) is 0.450. The number of pyridine rings is 2. The third kappa shape index (κ3) is 16.6. The minimum absolute atomic E-state index is 0.0118. The van der Waals surface area contributed by atoms with Crippen LogP contribution in [0.1, 0.15) is 141 Å². The minimum Gasteiger partial charge on any atom is -0.458 e. The van der Waals surface area contributed by atoms with Gasteiger partial charge in [0.15, 0.2) is 5.60 Å². The topological polar surface area (TPSA) is 378 Å². The molecule has 110 heavy (non-hydrogen) atoms. The van der Waals surface area contributed by atoms with E-state index < -0.39 is 90.1 Å². The second-order valence-electron chi connectivity index (χ2n) is 29.5. The lowest BCUT2D eigenvalue weighted by molar-refractivity contribution is -0.172. The molecule has 1 saturated heterocycles. The zero-order chi connectivity index (χ0) is 77.5. The number of esters is 1. The number of amides is 9. The van der Waals surface area contributed by atoms with Gasteiger partial charge in [-0.15, -0.1) is 5.10 Å². The van der Waals surface area contributed by atoms with E-state index in [2.05, 4.69) is 52.8 Å². The molecule has 30 heteroatoms. The monoisotopic (exact) mass is 1510 g/mol. The van der Waals surface area contributed by atoms with Crippen molar-refractivity contribution in [3.63, 3.8) is 0 Å². The van der Waals surface area contributed by atoms with Gasteiger partial charge in [-0.2, -0.15) is 0 Å². The van der Waals surface area contributed by atoms with Gasteiger partial charge in [-0.25, -0.2) is 18.9 Å². The van der Waals surface area contributed by atoms with Gasteiger partial charge in [-0.05, 0) is 123 Å². The van der Waals surface area contributed by atoms with Crippen LogP contribution in [-0.2, 0) is 103 Å². The van der Waals surface area contributed by atoms with Crippen LogP contribution < -0.4 is 53.0 Å². The van der Waals surface area contributed by atoms with Crippen molar-refractivity contribution in [2.75, 3.05) is 64.0 Å². The number of rotatable bonds is 27. The number of aliphatic hydroxyl groups is 1. The Hall–Kier alpha value is -11.1. The van der Waals surface area contributed by atoms with Gasteiger partial charge < -0.3 is 66.2 Å². The highest BCUT2D eigenvalue weighted by molar-refractivity contribution is 6.01. The van der Waals surface area contributed by atoms with Gasteiger partial charge in [0.1, 0.15) is 24.2 Å². The molecule has 13 rings (SSSR count). The fourth-order valence-corrected chi connectivity index (χ4v) is 16.3. The number of benzene rings is 4. The summed E-state index contributed by atoms with van der Waals surface area (Å²) in [6, 6.07) is 25.6. The summed E-state index contributed by atoms with van der Waals surface area (Å²) in [5, 5.41) is 42.6. The van der Waals surface area contributed by atoms with E-state index in [9.17, 15) is 57.8 Å². The summed E-state index contributed by atoms with van der Waals surface area (Å²) in [5.74, 6) is -5.19. The van der Waals surface area contributed by atoms with Gasteiger partial charge in [0.2, 0.25) is 53.2 Å². The number of anilines is 1. The summed E-state index contributed by atoms with van der Waals surface area (Å²) in [7, 11) is 1.84. The first-order valence-corrected chi connectivity index (χ1v) is 37.8. The molecule has 6 aliphatic rings. The second-order valence-corrected chi connectivity index (χ2v) is 29.5. The van der Waals surface area contributed by atoms with Crippen molar-refractivity contribution in [1.82, 2.24) is 72.0 Å². The number of carbonyl (C=O) groups is 10. The zero-order valence-corrected chi connectivity index (χ0v) is 62.1. The van der Waals surface area contributed by atoms with Crippen LogP contribution in [0.25, 0.3) is 44.8 Å². The highest BCUT2D eigenvalue weighted by Gasteiger charge is 2.47. The molecular weight excluding hydrogens is 1410 g/mol. The van der Waals surface area contributed by atoms with Gasteiger partial charge in [-0.1, -0.05) is 84.9 Å². The van der Waals surface area contributed by atoms with Crippen LogP contribution in [0.4, 0.5) is 10.1 Å². The average molecular weight is 1510 g/mol. The van der Waals surface area contributed by atoms with Crippen molar-refractivity contribution in [1.29, 1.82) is 0 Å². The number of hydrogen-bond acceptors (Lipinski definition) is 18. The molecule has 7 heterocycles. The minimum atomic E-state index is -2.06. The van der Waals surface area contributed by atoms with Crippen LogP contribution in [0.5, 0.6) is 0 Å². The van der Waals surface area contributed by atoms with E-state index in [-0.39, 0.29) is 118 Å². The van der Waals surface area contributed by atoms with Crippen LogP contribution >= 0.6 is 0 Å². The standard InChI is InChI=1S/C80H92FN15O14/c1-5-80(108)56-36-62-72-54(43-96(62)77(106)55(56)44-110-78(80)107)71-58(21-20-51-47(3)57(81)37-59(90-72)70(51)71)88-66(100)38-82-45-87-65(99)40-86-76(105)60(35-48-13-7-6-8-14-48)89-67(101)41-85-64(98)39-84-63(97)22-19-46(2)109-34-26-68(102)94-32-29-79(30-33-94)27-23-49(24-28-79)75(104)83-31-25-69(103)95-42-50-15-9-10-16-52(50)73-74(93(4)92-91-73)53-17-11-12-18-61(53)95/h6-18,36-37,46,49,58,60,82,108H,5,19-35,38-45H2,1-4H3,(H,83,104)(H,84,97)(H,85,98)(H,86,105)(H,87,99)(H,88,100)(H,89,101). The highest BCUT2D eigenvalue weighted by atomic mass is 19.1. The zero-order valence-electron chi connectivity index (χ0n) is 62.1. The molecule has 9 amide bonds. The number of nitrogens with one attached hydrogen (secondary N) is 8. The van der Waals surface area contributed by atoms with E-state index in [0.29, 0.717) is 83.4 Å². The molecule has 578 valence electrons. The molecule has 1 spiro atoms. The summed E-state index contributed by atoms with van der Waals surface area (Å²) < 4.78 is 29.9. The Morgan fingerprint density at radius 1 is 0.736 bits per heavy atom. The molecule has 4 aromatic carbocycles. The molecule has 7 aromatic rings. The van der Waals surface area contributed by atoms with Crippen LogP contribution in [0.2, 0.25) is 0 Å². The summed E-state index contributed by atoms with van der Waals surface area (Å²) in [4.78, 5) is 155. The van der Waals surface area contributed by atoms with Gasteiger partial charge in [0, 0.05) is 85.6 Å². The Morgan fingerprint density at radius 3 is 2.22 bits per heavy atom. The molecule has 1 saturated carbocycles. The second kappa shape index (κ2) is 33.4. The van der Waals surface area contributed by atoms with Crippen molar-refractivity contribution in [3.8, 4) is 33.9 Å². The smallest absolute Gasteiger partial charge is 0.343 e. The average Bonchev–Trinajstić information content (AvgIpc) is 1.47. The number of para-hydroxylation sites is 1. The Labute approximate surface area is 633 Å². The molecule has 29 nitrogen and oxygen atoms in total. The van der Waals surface area contributed by atoms with E-state index in [1.54, 1.807) is 66.8 Å². The maximum Gasteiger partial charge on any atom is 0.343 e. The van der Waals surface area contributed by atoms with E-state index in [4.69, 9.17) is 14.5 Å². The number of likely N-dealkylation sites (tertiary alicyclic amines) is 1. The molecule has 2 fully saturated rings. The predicted octanol–water partition coefficient (Wildman–Crippen LogP) is 4.26. The SMILES string of the molecule is CCC1(O)C(=O)OCc2c1cc1n(c2=O)Cc2c-1nc1cc(F)c(C)c3c1c2C(NC(=O)CNCNC(=O)CNC(=O)C(Cc1ccccc1)NC(=O)CNC(=O)CNC(=O)CCC(C)OCCC(=O)N1CCC2(CCC(C(=O)NCCC(=O)N4Cc5ccccc5-c5nnn(C)c5-c5ccccc54)CC2)CC1)CC3. The molecule has 2 aliphatic carbocycles. The normalized spacial score (nSPS) is 17.8. The van der Waals surface area contributed by atoms with Crippen molar-refractivity contribution in [2.45, 2.75) is 154 Å². The Kier molecular flexibility index (Phi) is 23.4. The van der Waals surface area contributed by atoms with E-state index in [1.807, 2.05) is 60.5 Å². The Balaban J connectivity index is 0.487. The number of ether oxygens (including phenoxy) is 2. The Morgan fingerprint density at radius 2 is 1.45 bits per heavy atom. The molecule has 3 aromatic heterocycles. The molecule has 0 bridgehead atoms. The molecule has 4 aliphatic heterocycles. The number of aryl methyl sites for hydroxylation is 2. The maximum atomic E-state index is 15.5. The lowest BCUT2D eigenvalue weighted by Gasteiger charge is -2.45. The molecule has 4 atom stereocenters. The first kappa shape index (κ1) is 77.1. The van der Waals surface area contributed by atoms with E-state index >= 15 is 4.39 Å². The van der Waals surface area contributed by atoms with Gasteiger partial charge in [0.05, 0.1) is 105 Å². The number of piperidine rings is 1. The number of aromatic nitrogens is 5. The summed E-state index contributed by atoms with van der Waals surface area (Å²) in [6.07, 6.45) is 6.03. The number of cyclic esters (lactones) is 1. The first-order valence-electron chi connectivity index (χ1n) is 37.8. The maximum absolute atomic E-state index is 15.5. The number of nitrogens with zero attached hydrogens (tertiary/aromatic N) is 7. The van der Waals surface area contributed by atoms with Gasteiger partial charge in [-0.3, -0.25) is 53.3 Å². The van der Waals surface area contributed by atoms with Crippen LogP contribution in [0, 0.1) is 24.1 Å². The molecule has 0 radical (unpaired) electrons. The largest absolute Gasteiger partial charge is 0.458 e. The van der Waals surface area contributed by atoms with Crippen LogP contribution in [0.3, 0.4) is 0 Å². The number of carbonyl (C=O) groups excluding carboxylic acids is 10. The summed E-state index contributed by atoms with van der Waals surface area (Å²) >= 11 is 0. The van der Waals surface area contributed by atoms with Crippen LogP contribution in [0.15, 0.2) is 95.8 Å². The van der Waals surface area contributed by atoms with E-state index in [0.717, 1.165) is 77.9 Å². The van der Waals surface area contributed by atoms with Crippen molar-refractivity contribution in [3.05, 3.63) is 152 Å². The molecular formula is C80H92FN15O14. The fourth-order valence-electron chi connectivity index (χ4n) is 16.3. The highest BCUT2D eigenvalue weighted by Crippen LogP contribution is 2.49. The number of hydrogen-bond donors (Lipinski definition) is 9. The quantitative estimate of drug-likeness (QED) is 0.0197. The van der Waals surface area contributed by atoms with Gasteiger partial charge in [0.25, 0.3) is 5.56 Å².